The van der Waals surface area contributed by atoms with Crippen LogP contribution in [-0.4, -0.2) is 61.0 Å². The number of fused-ring (bicyclic) bond motifs is 1. The lowest BCUT2D eigenvalue weighted by molar-refractivity contribution is -0.125. The van der Waals surface area contributed by atoms with E-state index in [1.807, 2.05) is 12.1 Å². The molecule has 3 aromatic rings. The number of nitrogens with one attached hydrogen (secondary N) is 1. The lowest BCUT2D eigenvalue weighted by atomic mass is 9.96. The van der Waals surface area contributed by atoms with Gasteiger partial charge >= 0.3 is 0 Å². The Labute approximate surface area is 179 Å². The van der Waals surface area contributed by atoms with Gasteiger partial charge < -0.3 is 15.1 Å². The summed E-state index contributed by atoms with van der Waals surface area (Å²) in [5.41, 5.74) is 1.96. The lowest BCUT2D eigenvalue weighted by Crippen LogP contribution is -2.41. The number of carbonyl (C=O) groups is 1. The van der Waals surface area contributed by atoms with Gasteiger partial charge in [0.2, 0.25) is 5.91 Å². The molecule has 0 unspecified atom stereocenters. The van der Waals surface area contributed by atoms with Crippen LogP contribution in [0.15, 0.2) is 29.6 Å². The SMILES string of the molecule is CN(C)CCCNC(=O)C1CCN(c2nc3ccc(-c4cccs4)nc3s2)CC1. The van der Waals surface area contributed by atoms with Gasteiger partial charge in [-0.15, -0.1) is 11.3 Å². The summed E-state index contributed by atoms with van der Waals surface area (Å²) in [5, 5.41) is 6.18. The molecule has 0 saturated carbocycles. The number of thiazole rings is 1. The van der Waals surface area contributed by atoms with Crippen molar-refractivity contribution in [3.63, 3.8) is 0 Å². The number of hydrogen-bond acceptors (Lipinski definition) is 7. The van der Waals surface area contributed by atoms with Crippen LogP contribution in [-0.2, 0) is 4.79 Å². The van der Waals surface area contributed by atoms with E-state index in [0.717, 1.165) is 66.6 Å². The van der Waals surface area contributed by atoms with E-state index < -0.39 is 0 Å². The minimum atomic E-state index is 0.114. The Morgan fingerprint density at radius 3 is 2.79 bits per heavy atom. The molecule has 8 heteroatoms. The molecule has 4 heterocycles. The van der Waals surface area contributed by atoms with E-state index in [4.69, 9.17) is 9.97 Å². The molecule has 1 aliphatic heterocycles. The molecule has 0 aromatic carbocycles. The van der Waals surface area contributed by atoms with E-state index in [0.29, 0.717) is 0 Å². The second-order valence-corrected chi connectivity index (χ2v) is 9.61. The molecule has 0 radical (unpaired) electrons. The molecule has 154 valence electrons. The Morgan fingerprint density at radius 2 is 2.07 bits per heavy atom. The fourth-order valence-corrected chi connectivity index (χ4v) is 5.27. The smallest absolute Gasteiger partial charge is 0.223 e. The van der Waals surface area contributed by atoms with Gasteiger partial charge in [0.1, 0.15) is 10.3 Å². The van der Waals surface area contributed by atoms with Crippen molar-refractivity contribution in [2.75, 3.05) is 45.2 Å². The van der Waals surface area contributed by atoms with Crippen LogP contribution >= 0.6 is 22.7 Å². The summed E-state index contributed by atoms with van der Waals surface area (Å²) in [4.78, 5) is 28.6. The molecule has 4 rings (SSSR count). The first-order valence-electron chi connectivity index (χ1n) is 10.1. The molecule has 0 bridgehead atoms. The van der Waals surface area contributed by atoms with Crippen molar-refractivity contribution in [1.29, 1.82) is 0 Å². The third-order valence-electron chi connectivity index (χ3n) is 5.24. The normalized spacial score (nSPS) is 15.3. The predicted octanol–water partition coefficient (Wildman–Crippen LogP) is 3.70. The van der Waals surface area contributed by atoms with Crippen LogP contribution in [0.3, 0.4) is 0 Å². The highest BCUT2D eigenvalue weighted by atomic mass is 32.1. The minimum absolute atomic E-state index is 0.114. The fraction of sp³-hybridized carbons (Fsp3) is 0.476. The first-order chi connectivity index (χ1) is 14.1. The van der Waals surface area contributed by atoms with Gasteiger partial charge in [-0.1, -0.05) is 17.4 Å². The van der Waals surface area contributed by atoms with Crippen LogP contribution < -0.4 is 10.2 Å². The summed E-state index contributed by atoms with van der Waals surface area (Å²) in [6, 6.07) is 8.25. The number of carbonyl (C=O) groups excluding carboxylic acids is 1. The predicted molar refractivity (Wildman–Crippen MR) is 122 cm³/mol. The molecule has 0 aliphatic carbocycles. The Balaban J connectivity index is 1.33. The Hall–Kier alpha value is -2.03. The summed E-state index contributed by atoms with van der Waals surface area (Å²) in [6.07, 6.45) is 2.75. The summed E-state index contributed by atoms with van der Waals surface area (Å²) in [5.74, 6) is 0.318. The largest absolute Gasteiger partial charge is 0.356 e. The highest BCUT2D eigenvalue weighted by Crippen LogP contribution is 2.33. The number of hydrogen-bond donors (Lipinski definition) is 1. The molecule has 1 aliphatic rings. The maximum absolute atomic E-state index is 12.4. The van der Waals surface area contributed by atoms with Crippen molar-refractivity contribution in [1.82, 2.24) is 20.2 Å². The van der Waals surface area contributed by atoms with E-state index in [1.165, 1.54) is 4.88 Å². The van der Waals surface area contributed by atoms with Crippen molar-refractivity contribution in [3.8, 4) is 10.6 Å². The van der Waals surface area contributed by atoms with Gasteiger partial charge in [0.15, 0.2) is 5.13 Å². The van der Waals surface area contributed by atoms with Crippen molar-refractivity contribution in [2.45, 2.75) is 19.3 Å². The van der Waals surface area contributed by atoms with E-state index >= 15 is 0 Å². The molecule has 1 N–H and O–H groups in total. The maximum Gasteiger partial charge on any atom is 0.223 e. The second-order valence-electron chi connectivity index (χ2n) is 7.70. The monoisotopic (exact) mass is 429 g/mol. The molecule has 1 fully saturated rings. The van der Waals surface area contributed by atoms with Gasteiger partial charge in [-0.25, -0.2) is 9.97 Å². The van der Waals surface area contributed by atoms with E-state index in [9.17, 15) is 4.79 Å². The zero-order chi connectivity index (χ0) is 20.2. The van der Waals surface area contributed by atoms with Gasteiger partial charge in [-0.05, 0) is 63.5 Å². The first-order valence-corrected chi connectivity index (χ1v) is 11.8. The zero-order valence-corrected chi connectivity index (χ0v) is 18.6. The zero-order valence-electron chi connectivity index (χ0n) is 16.9. The standard InChI is InChI=1S/C21H27N5OS2/c1-25(2)11-4-10-22-19(27)15-8-12-26(13-9-15)21-24-17-7-6-16(23-20(17)29-21)18-5-3-14-28-18/h3,5-7,14-15H,4,8-13H2,1-2H3,(H,22,27). The number of thiophene rings is 1. The van der Waals surface area contributed by atoms with Crippen LogP contribution in [0.25, 0.3) is 20.9 Å². The Morgan fingerprint density at radius 1 is 1.24 bits per heavy atom. The Kier molecular flexibility index (Phi) is 6.42. The molecule has 6 nitrogen and oxygen atoms in total. The number of aromatic nitrogens is 2. The van der Waals surface area contributed by atoms with E-state index in [1.54, 1.807) is 22.7 Å². The van der Waals surface area contributed by atoms with Crippen molar-refractivity contribution >= 4 is 44.1 Å². The molecule has 29 heavy (non-hydrogen) atoms. The molecule has 1 saturated heterocycles. The van der Waals surface area contributed by atoms with Gasteiger partial charge in [0.05, 0.1) is 10.6 Å². The van der Waals surface area contributed by atoms with Crippen molar-refractivity contribution in [3.05, 3.63) is 29.6 Å². The van der Waals surface area contributed by atoms with Crippen LogP contribution in [0.2, 0.25) is 0 Å². The van der Waals surface area contributed by atoms with Crippen LogP contribution in [0.1, 0.15) is 19.3 Å². The first kappa shape index (κ1) is 20.3. The Bertz CT molecular complexity index is 945. The number of rotatable bonds is 7. The topological polar surface area (TPSA) is 61.4 Å². The summed E-state index contributed by atoms with van der Waals surface area (Å²) >= 11 is 3.35. The van der Waals surface area contributed by atoms with Crippen LogP contribution in [0, 0.1) is 5.92 Å². The highest BCUT2D eigenvalue weighted by Gasteiger charge is 2.26. The van der Waals surface area contributed by atoms with Gasteiger partial charge in [0.25, 0.3) is 0 Å². The highest BCUT2D eigenvalue weighted by molar-refractivity contribution is 7.21. The average molecular weight is 430 g/mol. The molecule has 3 aromatic heterocycles. The van der Waals surface area contributed by atoms with Crippen molar-refractivity contribution < 1.29 is 4.79 Å². The van der Waals surface area contributed by atoms with Gasteiger partial charge in [0, 0.05) is 25.6 Å². The third-order valence-corrected chi connectivity index (χ3v) is 7.15. The maximum atomic E-state index is 12.4. The number of amides is 1. The average Bonchev–Trinajstić information content (AvgIpc) is 3.40. The summed E-state index contributed by atoms with van der Waals surface area (Å²) in [6.45, 7) is 3.49. The van der Waals surface area contributed by atoms with E-state index in [2.05, 4.69) is 46.7 Å². The van der Waals surface area contributed by atoms with Gasteiger partial charge in [-0.2, -0.15) is 0 Å². The molecule has 1 amide bonds. The second kappa shape index (κ2) is 9.19. The molecular formula is C21H27N5OS2. The number of piperidine rings is 1. The molecule has 0 spiro atoms. The third kappa shape index (κ3) is 4.94. The molecular weight excluding hydrogens is 402 g/mol. The lowest BCUT2D eigenvalue weighted by Gasteiger charge is -2.31. The van der Waals surface area contributed by atoms with Crippen molar-refractivity contribution in [2.24, 2.45) is 5.92 Å². The quantitative estimate of drug-likeness (QED) is 0.580. The molecule has 0 atom stereocenters. The van der Waals surface area contributed by atoms with E-state index in [-0.39, 0.29) is 11.8 Å². The van der Waals surface area contributed by atoms with Crippen LogP contribution in [0.5, 0.6) is 0 Å². The van der Waals surface area contributed by atoms with Crippen LogP contribution in [0.4, 0.5) is 5.13 Å². The number of anilines is 1. The summed E-state index contributed by atoms with van der Waals surface area (Å²) in [7, 11) is 4.11. The van der Waals surface area contributed by atoms with Gasteiger partial charge in [-0.3, -0.25) is 4.79 Å². The number of nitrogens with zero attached hydrogens (tertiary/aromatic N) is 4. The minimum Gasteiger partial charge on any atom is -0.356 e. The number of pyridine rings is 1. The summed E-state index contributed by atoms with van der Waals surface area (Å²) < 4.78 is 0. The fourth-order valence-electron chi connectivity index (χ4n) is 3.59.